The summed E-state index contributed by atoms with van der Waals surface area (Å²) < 4.78 is 0. The van der Waals surface area contributed by atoms with Gasteiger partial charge in [-0.15, -0.1) is 0 Å². The fourth-order valence-electron chi connectivity index (χ4n) is 3.35. The van der Waals surface area contributed by atoms with E-state index in [0.717, 1.165) is 16.6 Å². The van der Waals surface area contributed by atoms with E-state index < -0.39 is 0 Å². The van der Waals surface area contributed by atoms with E-state index in [9.17, 15) is 9.59 Å². The summed E-state index contributed by atoms with van der Waals surface area (Å²) >= 11 is 11.9. The Balaban J connectivity index is 1.36. The van der Waals surface area contributed by atoms with E-state index in [1.807, 2.05) is 12.1 Å². The lowest BCUT2D eigenvalue weighted by atomic mass is 10.1. The molecule has 3 aromatic rings. The monoisotopic (exact) mass is 416 g/mol. The quantitative estimate of drug-likeness (QED) is 0.710. The number of carbonyl (C=O) groups excluding carboxylic acids is 2. The van der Waals surface area contributed by atoms with Crippen LogP contribution in [0.25, 0.3) is 11.0 Å². The molecule has 2 aromatic carbocycles. The van der Waals surface area contributed by atoms with Crippen molar-refractivity contribution in [3.8, 4) is 0 Å². The lowest BCUT2D eigenvalue weighted by Gasteiger charge is -2.35. The summed E-state index contributed by atoms with van der Waals surface area (Å²) in [6.45, 7) is 2.04. The first-order chi connectivity index (χ1) is 13.5. The lowest BCUT2D eigenvalue weighted by Crippen LogP contribution is -2.51. The molecule has 1 N–H and O–H groups in total. The molecule has 0 saturated carbocycles. The molecule has 0 radical (unpaired) electrons. The number of hydrogen-bond donors (Lipinski definition) is 1. The summed E-state index contributed by atoms with van der Waals surface area (Å²) in [4.78, 5) is 36.1. The molecule has 0 bridgehead atoms. The molecule has 144 valence electrons. The van der Waals surface area contributed by atoms with Gasteiger partial charge in [0.15, 0.2) is 0 Å². The standard InChI is InChI=1S/C20H18Cl2N4O2/c21-15-3-1-13(9-16(15)22)10-19(27)25-5-7-26(8-6-25)20(28)14-2-4-17-18(11-14)24-12-23-17/h1-4,9,11-12H,5-8,10H2,(H,23,24). The number of fused-ring (bicyclic) bond motifs is 1. The highest BCUT2D eigenvalue weighted by Crippen LogP contribution is 2.23. The predicted molar refractivity (Wildman–Crippen MR) is 109 cm³/mol. The van der Waals surface area contributed by atoms with Gasteiger partial charge in [0.25, 0.3) is 5.91 Å². The number of rotatable bonds is 3. The van der Waals surface area contributed by atoms with Gasteiger partial charge < -0.3 is 14.8 Å². The molecule has 0 unspecified atom stereocenters. The van der Waals surface area contributed by atoms with E-state index in [4.69, 9.17) is 23.2 Å². The van der Waals surface area contributed by atoms with Gasteiger partial charge in [0, 0.05) is 31.7 Å². The number of carbonyl (C=O) groups is 2. The maximum absolute atomic E-state index is 12.8. The maximum Gasteiger partial charge on any atom is 0.254 e. The zero-order valence-corrected chi connectivity index (χ0v) is 16.5. The van der Waals surface area contributed by atoms with Gasteiger partial charge in [0.1, 0.15) is 0 Å². The highest BCUT2D eigenvalue weighted by atomic mass is 35.5. The van der Waals surface area contributed by atoms with Crippen molar-refractivity contribution in [2.24, 2.45) is 0 Å². The van der Waals surface area contributed by atoms with Crippen molar-refractivity contribution in [3.05, 3.63) is 63.9 Å². The SMILES string of the molecule is O=C(Cc1ccc(Cl)c(Cl)c1)N1CCN(C(=O)c2ccc3nc[nH]c3c2)CC1. The summed E-state index contributed by atoms with van der Waals surface area (Å²) in [6, 6.07) is 10.6. The third kappa shape index (κ3) is 3.84. The van der Waals surface area contributed by atoms with Crippen LogP contribution in [0.1, 0.15) is 15.9 Å². The Kier molecular flexibility index (Phi) is 5.24. The van der Waals surface area contributed by atoms with Crippen LogP contribution >= 0.6 is 23.2 Å². The summed E-state index contributed by atoms with van der Waals surface area (Å²) in [5.41, 5.74) is 3.11. The summed E-state index contributed by atoms with van der Waals surface area (Å²) in [5, 5.41) is 0.912. The molecule has 4 rings (SSSR count). The molecular weight excluding hydrogens is 399 g/mol. The molecule has 2 amide bonds. The highest BCUT2D eigenvalue weighted by Gasteiger charge is 2.25. The fraction of sp³-hybridized carbons (Fsp3) is 0.250. The first-order valence-electron chi connectivity index (χ1n) is 8.95. The molecule has 1 aromatic heterocycles. The van der Waals surface area contributed by atoms with Gasteiger partial charge in [0.05, 0.1) is 33.8 Å². The minimum atomic E-state index is -0.0342. The van der Waals surface area contributed by atoms with Crippen molar-refractivity contribution in [1.82, 2.24) is 19.8 Å². The number of aromatic amines is 1. The normalized spacial score (nSPS) is 14.5. The molecule has 1 aliphatic rings. The van der Waals surface area contributed by atoms with Crippen LogP contribution in [-0.2, 0) is 11.2 Å². The first kappa shape index (κ1) is 18.8. The van der Waals surface area contributed by atoms with Crippen molar-refractivity contribution < 1.29 is 9.59 Å². The van der Waals surface area contributed by atoms with Crippen molar-refractivity contribution in [3.63, 3.8) is 0 Å². The maximum atomic E-state index is 12.8. The van der Waals surface area contributed by atoms with Crippen LogP contribution < -0.4 is 0 Å². The second kappa shape index (κ2) is 7.81. The molecule has 2 heterocycles. The minimum absolute atomic E-state index is 0.0179. The van der Waals surface area contributed by atoms with Crippen LogP contribution in [0.15, 0.2) is 42.7 Å². The van der Waals surface area contributed by atoms with Crippen LogP contribution in [-0.4, -0.2) is 57.8 Å². The molecular formula is C20H18Cl2N4O2. The number of amides is 2. The molecule has 0 aliphatic carbocycles. The topological polar surface area (TPSA) is 69.3 Å². The van der Waals surface area contributed by atoms with E-state index in [1.165, 1.54) is 0 Å². The number of benzene rings is 2. The van der Waals surface area contributed by atoms with E-state index >= 15 is 0 Å². The lowest BCUT2D eigenvalue weighted by molar-refractivity contribution is -0.131. The zero-order chi connectivity index (χ0) is 19.7. The predicted octanol–water partition coefficient (Wildman–Crippen LogP) is 3.40. The van der Waals surface area contributed by atoms with Crippen molar-refractivity contribution in [1.29, 1.82) is 0 Å². The molecule has 8 heteroatoms. The molecule has 6 nitrogen and oxygen atoms in total. The smallest absolute Gasteiger partial charge is 0.254 e. The molecule has 28 heavy (non-hydrogen) atoms. The Morgan fingerprint density at radius 1 is 0.964 bits per heavy atom. The number of hydrogen-bond acceptors (Lipinski definition) is 3. The van der Waals surface area contributed by atoms with Gasteiger partial charge in [-0.2, -0.15) is 0 Å². The van der Waals surface area contributed by atoms with Gasteiger partial charge in [0.2, 0.25) is 5.91 Å². The Hall–Kier alpha value is -2.57. The second-order valence-electron chi connectivity index (χ2n) is 6.73. The third-order valence-electron chi connectivity index (χ3n) is 4.93. The minimum Gasteiger partial charge on any atom is -0.345 e. The average molecular weight is 417 g/mol. The van der Waals surface area contributed by atoms with E-state index in [2.05, 4.69) is 9.97 Å². The number of halogens is 2. The molecule has 0 atom stereocenters. The molecule has 0 spiro atoms. The summed E-state index contributed by atoms with van der Waals surface area (Å²) in [5.74, 6) is -0.0163. The Bertz CT molecular complexity index is 1040. The molecule has 1 fully saturated rings. The van der Waals surface area contributed by atoms with Crippen LogP contribution in [0.4, 0.5) is 0 Å². The van der Waals surface area contributed by atoms with Gasteiger partial charge in [-0.05, 0) is 35.9 Å². The van der Waals surface area contributed by atoms with Crippen molar-refractivity contribution >= 4 is 46.0 Å². The number of piperazine rings is 1. The first-order valence-corrected chi connectivity index (χ1v) is 9.71. The number of imidazole rings is 1. The largest absolute Gasteiger partial charge is 0.345 e. The van der Waals surface area contributed by atoms with Gasteiger partial charge in [-0.25, -0.2) is 4.98 Å². The van der Waals surface area contributed by atoms with E-state index in [-0.39, 0.29) is 18.2 Å². The molecule has 1 saturated heterocycles. The summed E-state index contributed by atoms with van der Waals surface area (Å²) in [6.07, 6.45) is 1.87. The van der Waals surface area contributed by atoms with Crippen LogP contribution in [0, 0.1) is 0 Å². The average Bonchev–Trinajstić information content (AvgIpc) is 3.18. The molecule has 1 aliphatic heterocycles. The Labute approximate surface area is 172 Å². The van der Waals surface area contributed by atoms with Crippen LogP contribution in [0.2, 0.25) is 10.0 Å². The number of nitrogens with zero attached hydrogens (tertiary/aromatic N) is 3. The fourth-order valence-corrected chi connectivity index (χ4v) is 3.67. The Morgan fingerprint density at radius 2 is 1.71 bits per heavy atom. The summed E-state index contributed by atoms with van der Waals surface area (Å²) in [7, 11) is 0. The van der Waals surface area contributed by atoms with E-state index in [0.29, 0.717) is 41.8 Å². The second-order valence-corrected chi connectivity index (χ2v) is 7.55. The van der Waals surface area contributed by atoms with Gasteiger partial charge >= 0.3 is 0 Å². The zero-order valence-electron chi connectivity index (χ0n) is 15.0. The van der Waals surface area contributed by atoms with Gasteiger partial charge in [-0.3, -0.25) is 9.59 Å². The highest BCUT2D eigenvalue weighted by molar-refractivity contribution is 6.42. The Morgan fingerprint density at radius 3 is 2.46 bits per heavy atom. The third-order valence-corrected chi connectivity index (χ3v) is 5.67. The van der Waals surface area contributed by atoms with Crippen LogP contribution in [0.5, 0.6) is 0 Å². The number of nitrogens with one attached hydrogen (secondary N) is 1. The van der Waals surface area contributed by atoms with Gasteiger partial charge in [-0.1, -0.05) is 29.3 Å². The number of H-pyrrole nitrogens is 1. The van der Waals surface area contributed by atoms with Crippen molar-refractivity contribution in [2.75, 3.05) is 26.2 Å². The van der Waals surface area contributed by atoms with E-state index in [1.54, 1.807) is 40.4 Å². The number of aromatic nitrogens is 2. The van der Waals surface area contributed by atoms with Crippen molar-refractivity contribution in [2.45, 2.75) is 6.42 Å². The van der Waals surface area contributed by atoms with Crippen LogP contribution in [0.3, 0.4) is 0 Å².